The molecule has 3 aromatic rings. The standard InChI is InChI=1S/C21H24ClN7O3S/c1-12-6-14(9-23-8-12)19-26-27-20(29(19)16-7-21(16)4-5-21)28-33(30,31)13(2)17(32-3)18-24-10-15(22)11-25-18/h6,8-11,13,16-17H,4-5,7H2,1-3H3,(H,27,28)/t13-,16?,17-/m0/s1. The molecule has 1 unspecified atom stereocenters. The highest BCUT2D eigenvalue weighted by atomic mass is 35.5. The van der Waals surface area contributed by atoms with Gasteiger partial charge in [0.05, 0.1) is 5.02 Å². The van der Waals surface area contributed by atoms with Gasteiger partial charge in [0.15, 0.2) is 11.6 Å². The monoisotopic (exact) mass is 489 g/mol. The number of nitrogens with one attached hydrogen (secondary N) is 1. The molecule has 0 aromatic carbocycles. The first kappa shape index (κ1) is 22.2. The number of aromatic nitrogens is 6. The number of hydrogen-bond acceptors (Lipinski definition) is 8. The van der Waals surface area contributed by atoms with Crippen LogP contribution in [-0.4, -0.2) is 50.5 Å². The third-order valence-corrected chi connectivity index (χ3v) is 8.37. The summed E-state index contributed by atoms with van der Waals surface area (Å²) in [6.45, 7) is 3.49. The van der Waals surface area contributed by atoms with Crippen molar-refractivity contribution in [2.75, 3.05) is 11.8 Å². The molecule has 10 nitrogen and oxygen atoms in total. The molecule has 174 valence electrons. The smallest absolute Gasteiger partial charge is 0.240 e. The number of rotatable bonds is 8. The Kier molecular flexibility index (Phi) is 5.37. The fraction of sp³-hybridized carbons (Fsp3) is 0.476. The number of ether oxygens (including phenoxy) is 1. The molecule has 2 fully saturated rings. The van der Waals surface area contributed by atoms with E-state index in [9.17, 15) is 8.42 Å². The van der Waals surface area contributed by atoms with Gasteiger partial charge in [0.2, 0.25) is 16.0 Å². The Bertz CT molecular complexity index is 1290. The number of anilines is 1. The zero-order valence-electron chi connectivity index (χ0n) is 18.4. The molecule has 2 aliphatic rings. The highest BCUT2D eigenvalue weighted by molar-refractivity contribution is 7.93. The summed E-state index contributed by atoms with van der Waals surface area (Å²) in [6, 6.07) is 2.13. The van der Waals surface area contributed by atoms with E-state index in [2.05, 4.69) is 29.9 Å². The van der Waals surface area contributed by atoms with E-state index in [1.165, 1.54) is 19.5 Å². The highest BCUT2D eigenvalue weighted by Crippen LogP contribution is 2.73. The minimum Gasteiger partial charge on any atom is -0.372 e. The van der Waals surface area contributed by atoms with Crippen molar-refractivity contribution in [3.8, 4) is 11.4 Å². The van der Waals surface area contributed by atoms with Gasteiger partial charge >= 0.3 is 0 Å². The van der Waals surface area contributed by atoms with Crippen LogP contribution in [0.15, 0.2) is 30.9 Å². The molecule has 0 aliphatic heterocycles. The zero-order valence-corrected chi connectivity index (χ0v) is 20.0. The van der Waals surface area contributed by atoms with Crippen molar-refractivity contribution in [1.29, 1.82) is 0 Å². The number of sulfonamides is 1. The number of pyridine rings is 1. The lowest BCUT2D eigenvalue weighted by Gasteiger charge is -2.22. The molecule has 0 radical (unpaired) electrons. The van der Waals surface area contributed by atoms with Crippen LogP contribution in [0.4, 0.5) is 5.95 Å². The van der Waals surface area contributed by atoms with Crippen LogP contribution in [0.5, 0.6) is 0 Å². The fourth-order valence-electron chi connectivity index (χ4n) is 4.28. The molecule has 12 heteroatoms. The van der Waals surface area contributed by atoms with Gasteiger partial charge in [-0.2, -0.15) is 0 Å². The second-order valence-electron chi connectivity index (χ2n) is 8.82. The Balaban J connectivity index is 1.47. The topological polar surface area (TPSA) is 125 Å². The summed E-state index contributed by atoms with van der Waals surface area (Å²) in [5, 5.41) is 7.90. The molecule has 5 rings (SSSR count). The summed E-state index contributed by atoms with van der Waals surface area (Å²) >= 11 is 5.86. The van der Waals surface area contributed by atoms with Gasteiger partial charge < -0.3 is 4.74 Å². The van der Waals surface area contributed by atoms with Gasteiger partial charge in [-0.25, -0.2) is 18.4 Å². The lowest BCUT2D eigenvalue weighted by atomic mass is 10.2. The van der Waals surface area contributed by atoms with Gasteiger partial charge in [0, 0.05) is 43.5 Å². The van der Waals surface area contributed by atoms with Crippen LogP contribution >= 0.6 is 11.6 Å². The molecular weight excluding hydrogens is 466 g/mol. The second kappa shape index (κ2) is 8.00. The van der Waals surface area contributed by atoms with Crippen LogP contribution in [0, 0.1) is 12.3 Å². The van der Waals surface area contributed by atoms with Gasteiger partial charge in [-0.1, -0.05) is 11.6 Å². The molecule has 0 amide bonds. The molecule has 33 heavy (non-hydrogen) atoms. The van der Waals surface area contributed by atoms with Crippen molar-refractivity contribution >= 4 is 27.6 Å². The largest absolute Gasteiger partial charge is 0.372 e. The summed E-state index contributed by atoms with van der Waals surface area (Å²) in [5.74, 6) is 1.03. The van der Waals surface area contributed by atoms with Crippen LogP contribution in [0.1, 0.15) is 49.7 Å². The Morgan fingerprint density at radius 1 is 1.21 bits per heavy atom. The van der Waals surface area contributed by atoms with E-state index in [4.69, 9.17) is 16.3 Å². The third-order valence-electron chi connectivity index (χ3n) is 6.48. The number of nitrogens with zero attached hydrogens (tertiary/aromatic N) is 6. The summed E-state index contributed by atoms with van der Waals surface area (Å²) in [7, 11) is -2.51. The van der Waals surface area contributed by atoms with E-state index >= 15 is 0 Å². The lowest BCUT2D eigenvalue weighted by molar-refractivity contribution is 0.0950. The molecule has 2 aliphatic carbocycles. The summed E-state index contributed by atoms with van der Waals surface area (Å²) in [4.78, 5) is 12.5. The van der Waals surface area contributed by atoms with Crippen molar-refractivity contribution in [2.24, 2.45) is 5.41 Å². The number of aryl methyl sites for hydroxylation is 1. The van der Waals surface area contributed by atoms with Gasteiger partial charge in [-0.3, -0.25) is 14.3 Å². The molecule has 1 N–H and O–H groups in total. The Morgan fingerprint density at radius 2 is 1.94 bits per heavy atom. The number of halogens is 1. The predicted molar refractivity (Wildman–Crippen MR) is 122 cm³/mol. The molecule has 3 aromatic heterocycles. The average molecular weight is 490 g/mol. The van der Waals surface area contributed by atoms with Gasteiger partial charge in [0.1, 0.15) is 11.4 Å². The van der Waals surface area contributed by atoms with E-state index in [0.717, 1.165) is 30.4 Å². The Morgan fingerprint density at radius 3 is 2.55 bits per heavy atom. The Hall–Kier alpha value is -2.63. The van der Waals surface area contributed by atoms with E-state index in [0.29, 0.717) is 10.8 Å². The van der Waals surface area contributed by atoms with Gasteiger partial charge in [-0.05, 0) is 50.2 Å². The highest BCUT2D eigenvalue weighted by Gasteiger charge is 2.65. The molecule has 3 heterocycles. The minimum absolute atomic E-state index is 0.161. The maximum absolute atomic E-state index is 13.3. The normalized spacial score (nSPS) is 20.4. The van der Waals surface area contributed by atoms with Crippen LogP contribution in [0.2, 0.25) is 5.02 Å². The molecule has 0 bridgehead atoms. The van der Waals surface area contributed by atoms with Crippen molar-refractivity contribution in [1.82, 2.24) is 29.7 Å². The summed E-state index contributed by atoms with van der Waals surface area (Å²) < 4.78 is 36.7. The van der Waals surface area contributed by atoms with Gasteiger partial charge in [-0.15, -0.1) is 10.2 Å². The van der Waals surface area contributed by atoms with E-state index < -0.39 is 21.4 Å². The molecule has 3 atom stereocenters. The molecular formula is C21H24ClN7O3S. The van der Waals surface area contributed by atoms with E-state index in [-0.39, 0.29) is 23.2 Å². The van der Waals surface area contributed by atoms with Crippen LogP contribution in [0.3, 0.4) is 0 Å². The van der Waals surface area contributed by atoms with Crippen molar-refractivity contribution in [3.05, 3.63) is 47.3 Å². The van der Waals surface area contributed by atoms with Crippen LogP contribution < -0.4 is 4.72 Å². The Labute approximate surface area is 196 Å². The number of methoxy groups -OCH3 is 1. The van der Waals surface area contributed by atoms with Crippen molar-refractivity contribution < 1.29 is 13.2 Å². The third kappa shape index (κ3) is 4.09. The SMILES string of the molecule is CO[C@H](c1ncc(Cl)cn1)[C@H](C)S(=O)(=O)Nc1nnc(-c2cncc(C)c2)n1C1CC12CC2. The second-order valence-corrected chi connectivity index (χ2v) is 11.3. The molecule has 0 saturated heterocycles. The maximum atomic E-state index is 13.3. The maximum Gasteiger partial charge on any atom is 0.240 e. The van der Waals surface area contributed by atoms with Gasteiger partial charge in [0.25, 0.3) is 0 Å². The summed E-state index contributed by atoms with van der Waals surface area (Å²) in [6.07, 6.45) is 8.64. The van der Waals surface area contributed by atoms with Crippen molar-refractivity contribution in [3.63, 3.8) is 0 Å². The predicted octanol–water partition coefficient (Wildman–Crippen LogP) is 3.33. The van der Waals surface area contributed by atoms with Crippen molar-refractivity contribution in [2.45, 2.75) is 50.5 Å². The average Bonchev–Trinajstić information content (AvgIpc) is 3.68. The van der Waals surface area contributed by atoms with E-state index in [1.807, 2.05) is 17.6 Å². The first-order chi connectivity index (χ1) is 15.7. The first-order valence-corrected chi connectivity index (χ1v) is 12.6. The minimum atomic E-state index is -3.93. The zero-order chi connectivity index (χ0) is 23.4. The quantitative estimate of drug-likeness (QED) is 0.510. The molecule has 2 saturated carbocycles. The van der Waals surface area contributed by atoms with Crippen LogP contribution in [0.25, 0.3) is 11.4 Å². The van der Waals surface area contributed by atoms with E-state index in [1.54, 1.807) is 19.3 Å². The first-order valence-electron chi connectivity index (χ1n) is 10.6. The molecule has 1 spiro atoms. The summed E-state index contributed by atoms with van der Waals surface area (Å²) in [5.41, 5.74) is 2.03. The lowest BCUT2D eigenvalue weighted by Crippen LogP contribution is -2.33. The fourth-order valence-corrected chi connectivity index (χ4v) is 5.51. The van der Waals surface area contributed by atoms with Crippen LogP contribution in [-0.2, 0) is 14.8 Å². The number of hydrogen-bond donors (Lipinski definition) is 1.